The average Bonchev–Trinajstić information content (AvgIpc) is 3.01. The summed E-state index contributed by atoms with van der Waals surface area (Å²) in [5, 5.41) is 4.13. The molecule has 1 unspecified atom stereocenters. The van der Waals surface area contributed by atoms with Gasteiger partial charge in [-0.2, -0.15) is 0 Å². The van der Waals surface area contributed by atoms with Crippen LogP contribution in [0.3, 0.4) is 0 Å². The van der Waals surface area contributed by atoms with E-state index in [4.69, 9.17) is 16.0 Å². The first kappa shape index (κ1) is 13.2. The van der Waals surface area contributed by atoms with Crippen LogP contribution in [0.4, 0.5) is 0 Å². The number of halogens is 1. The second-order valence-corrected chi connectivity index (χ2v) is 5.26. The fourth-order valence-electron chi connectivity index (χ4n) is 2.45. The Morgan fingerprint density at radius 3 is 3.05 bits per heavy atom. The summed E-state index contributed by atoms with van der Waals surface area (Å²) < 4.78 is 4.97. The van der Waals surface area contributed by atoms with Crippen molar-refractivity contribution in [2.75, 3.05) is 19.6 Å². The van der Waals surface area contributed by atoms with Crippen molar-refractivity contribution in [3.05, 3.63) is 59.0 Å². The van der Waals surface area contributed by atoms with Crippen molar-refractivity contribution in [3.63, 3.8) is 0 Å². The zero-order valence-electron chi connectivity index (χ0n) is 10.9. The largest absolute Gasteiger partial charge is 0.472 e. The standard InChI is InChI=1S/C15H15ClN2O2/c16-13-3-1-2-11(8-13)14-9-18(6-5-17-14)15(19)12-4-7-20-10-12/h1-4,7-8,10,14,17H,5-6,9H2. The van der Waals surface area contributed by atoms with E-state index in [1.165, 1.54) is 12.5 Å². The fraction of sp³-hybridized carbons (Fsp3) is 0.267. The highest BCUT2D eigenvalue weighted by Gasteiger charge is 2.25. The molecule has 0 spiro atoms. The summed E-state index contributed by atoms with van der Waals surface area (Å²) in [5.74, 6) is 0.00674. The molecule has 1 aromatic heterocycles. The maximum absolute atomic E-state index is 12.3. The summed E-state index contributed by atoms with van der Waals surface area (Å²) >= 11 is 6.02. The van der Waals surface area contributed by atoms with Crippen LogP contribution in [0.25, 0.3) is 0 Å². The van der Waals surface area contributed by atoms with Crippen molar-refractivity contribution in [2.24, 2.45) is 0 Å². The van der Waals surface area contributed by atoms with Gasteiger partial charge in [0.25, 0.3) is 5.91 Å². The predicted octanol–water partition coefficient (Wildman–Crippen LogP) is 2.72. The molecule has 5 heteroatoms. The zero-order valence-corrected chi connectivity index (χ0v) is 11.6. The molecule has 1 saturated heterocycles. The molecule has 1 fully saturated rings. The van der Waals surface area contributed by atoms with Gasteiger partial charge in [-0.3, -0.25) is 4.79 Å². The van der Waals surface area contributed by atoms with Gasteiger partial charge in [0.2, 0.25) is 0 Å². The zero-order chi connectivity index (χ0) is 13.9. The van der Waals surface area contributed by atoms with Crippen molar-refractivity contribution >= 4 is 17.5 Å². The Balaban J connectivity index is 1.75. The van der Waals surface area contributed by atoms with Crippen LogP contribution in [0, 0.1) is 0 Å². The van der Waals surface area contributed by atoms with Gasteiger partial charge in [-0.25, -0.2) is 0 Å². The van der Waals surface area contributed by atoms with E-state index in [0.29, 0.717) is 23.7 Å². The van der Waals surface area contributed by atoms with Gasteiger partial charge in [-0.15, -0.1) is 0 Å². The van der Waals surface area contributed by atoms with Crippen molar-refractivity contribution in [1.29, 1.82) is 0 Å². The highest BCUT2D eigenvalue weighted by atomic mass is 35.5. The minimum absolute atomic E-state index is 0.00674. The summed E-state index contributed by atoms with van der Waals surface area (Å²) in [6.45, 7) is 2.09. The molecule has 0 radical (unpaired) electrons. The molecular formula is C15H15ClN2O2. The summed E-state index contributed by atoms with van der Waals surface area (Å²) in [6, 6.07) is 9.54. The van der Waals surface area contributed by atoms with E-state index in [1.54, 1.807) is 6.07 Å². The Hall–Kier alpha value is -1.78. The number of hydrogen-bond donors (Lipinski definition) is 1. The lowest BCUT2D eigenvalue weighted by Crippen LogP contribution is -2.48. The van der Waals surface area contributed by atoms with Gasteiger partial charge in [-0.1, -0.05) is 23.7 Å². The van der Waals surface area contributed by atoms with Crippen LogP contribution < -0.4 is 5.32 Å². The van der Waals surface area contributed by atoms with Gasteiger partial charge < -0.3 is 14.6 Å². The summed E-state index contributed by atoms with van der Waals surface area (Å²) in [4.78, 5) is 14.2. The van der Waals surface area contributed by atoms with Crippen molar-refractivity contribution in [1.82, 2.24) is 10.2 Å². The summed E-state index contributed by atoms with van der Waals surface area (Å²) in [5.41, 5.74) is 1.69. The molecule has 3 rings (SSSR count). The molecule has 1 aromatic carbocycles. The molecule has 0 bridgehead atoms. The second kappa shape index (κ2) is 5.69. The quantitative estimate of drug-likeness (QED) is 0.925. The van der Waals surface area contributed by atoms with Crippen LogP contribution in [0.5, 0.6) is 0 Å². The number of piperazine rings is 1. The van der Waals surface area contributed by atoms with Crippen LogP contribution in [-0.4, -0.2) is 30.4 Å². The van der Waals surface area contributed by atoms with Crippen molar-refractivity contribution in [2.45, 2.75) is 6.04 Å². The van der Waals surface area contributed by atoms with Gasteiger partial charge in [-0.05, 0) is 23.8 Å². The molecule has 0 aliphatic carbocycles. The molecular weight excluding hydrogens is 276 g/mol. The first-order valence-electron chi connectivity index (χ1n) is 6.54. The van der Waals surface area contributed by atoms with Crippen LogP contribution in [-0.2, 0) is 0 Å². The minimum Gasteiger partial charge on any atom is -0.472 e. The lowest BCUT2D eigenvalue weighted by molar-refractivity contribution is 0.0702. The monoisotopic (exact) mass is 290 g/mol. The Kier molecular flexibility index (Phi) is 3.76. The van der Waals surface area contributed by atoms with E-state index in [0.717, 1.165) is 12.1 Å². The number of furan rings is 1. The third kappa shape index (κ3) is 2.71. The summed E-state index contributed by atoms with van der Waals surface area (Å²) in [6.07, 6.45) is 3.00. The highest BCUT2D eigenvalue weighted by molar-refractivity contribution is 6.30. The second-order valence-electron chi connectivity index (χ2n) is 4.82. The van der Waals surface area contributed by atoms with Gasteiger partial charge in [0.05, 0.1) is 17.9 Å². The highest BCUT2D eigenvalue weighted by Crippen LogP contribution is 2.21. The topological polar surface area (TPSA) is 45.5 Å². The molecule has 1 aliphatic rings. The smallest absolute Gasteiger partial charge is 0.257 e. The average molecular weight is 291 g/mol. The number of nitrogens with zero attached hydrogens (tertiary/aromatic N) is 1. The molecule has 0 saturated carbocycles. The van der Waals surface area contributed by atoms with E-state index >= 15 is 0 Å². The number of benzene rings is 1. The van der Waals surface area contributed by atoms with Crippen LogP contribution in [0.15, 0.2) is 47.3 Å². The molecule has 1 amide bonds. The maximum Gasteiger partial charge on any atom is 0.257 e. The Labute approximate surface area is 122 Å². The number of rotatable bonds is 2. The van der Waals surface area contributed by atoms with Crippen LogP contribution >= 0.6 is 11.6 Å². The van der Waals surface area contributed by atoms with E-state index in [2.05, 4.69) is 5.32 Å². The molecule has 20 heavy (non-hydrogen) atoms. The molecule has 4 nitrogen and oxygen atoms in total. The lowest BCUT2D eigenvalue weighted by atomic mass is 10.0. The maximum atomic E-state index is 12.3. The summed E-state index contributed by atoms with van der Waals surface area (Å²) in [7, 11) is 0. The Bertz CT molecular complexity index is 598. The Morgan fingerprint density at radius 2 is 2.30 bits per heavy atom. The number of hydrogen-bond acceptors (Lipinski definition) is 3. The van der Waals surface area contributed by atoms with E-state index < -0.39 is 0 Å². The first-order valence-corrected chi connectivity index (χ1v) is 6.92. The van der Waals surface area contributed by atoms with E-state index in [-0.39, 0.29) is 11.9 Å². The van der Waals surface area contributed by atoms with Gasteiger partial charge in [0.15, 0.2) is 0 Å². The third-order valence-electron chi connectivity index (χ3n) is 3.48. The number of carbonyl (C=O) groups excluding carboxylic acids is 1. The van der Waals surface area contributed by atoms with Gasteiger partial charge in [0.1, 0.15) is 6.26 Å². The van der Waals surface area contributed by atoms with Gasteiger partial charge in [0, 0.05) is 24.7 Å². The third-order valence-corrected chi connectivity index (χ3v) is 3.72. The lowest BCUT2D eigenvalue weighted by Gasteiger charge is -2.33. The molecule has 1 N–H and O–H groups in total. The molecule has 2 aromatic rings. The molecule has 104 valence electrons. The van der Waals surface area contributed by atoms with Gasteiger partial charge >= 0.3 is 0 Å². The SMILES string of the molecule is O=C(c1ccoc1)N1CCNC(c2cccc(Cl)c2)C1. The fourth-order valence-corrected chi connectivity index (χ4v) is 2.65. The van der Waals surface area contributed by atoms with E-state index in [1.807, 2.05) is 29.2 Å². The van der Waals surface area contributed by atoms with Crippen LogP contribution in [0.1, 0.15) is 22.0 Å². The number of nitrogens with one attached hydrogen (secondary N) is 1. The molecule has 1 atom stereocenters. The molecule has 1 aliphatic heterocycles. The number of amides is 1. The molecule has 2 heterocycles. The Morgan fingerprint density at radius 1 is 1.40 bits per heavy atom. The van der Waals surface area contributed by atoms with Crippen LogP contribution in [0.2, 0.25) is 5.02 Å². The van der Waals surface area contributed by atoms with Crippen molar-refractivity contribution in [3.8, 4) is 0 Å². The first-order chi connectivity index (χ1) is 9.74. The number of carbonyl (C=O) groups is 1. The minimum atomic E-state index is 0.00674. The normalized spacial score (nSPS) is 19.1. The van der Waals surface area contributed by atoms with E-state index in [9.17, 15) is 4.79 Å². The predicted molar refractivity (Wildman–Crippen MR) is 76.8 cm³/mol. The van der Waals surface area contributed by atoms with Crippen molar-refractivity contribution < 1.29 is 9.21 Å².